The van der Waals surface area contributed by atoms with E-state index in [0.29, 0.717) is 27.2 Å². The molecule has 0 N–H and O–H groups in total. The summed E-state index contributed by atoms with van der Waals surface area (Å²) in [6, 6.07) is 22.9. The number of benzene rings is 3. The lowest BCUT2D eigenvalue weighted by Crippen LogP contribution is -2.31. The Morgan fingerprint density at radius 1 is 0.893 bits per heavy atom. The number of anilines is 1. The molecule has 1 aromatic heterocycles. The maximum absolute atomic E-state index is 13.2. The molecule has 0 radical (unpaired) electrons. The fourth-order valence-electron chi connectivity index (χ4n) is 2.95. The van der Waals surface area contributed by atoms with Crippen LogP contribution < -0.4 is 4.90 Å². The molecule has 0 fully saturated rings. The van der Waals surface area contributed by atoms with Crippen LogP contribution in [0.15, 0.2) is 72.8 Å². The first kappa shape index (κ1) is 18.9. The highest BCUT2D eigenvalue weighted by atomic mass is 35.5. The molecule has 1 heterocycles. The Kier molecular flexibility index (Phi) is 5.62. The molecule has 3 nitrogen and oxygen atoms in total. The predicted molar refractivity (Wildman–Crippen MR) is 117 cm³/mol. The highest BCUT2D eigenvalue weighted by Crippen LogP contribution is 2.34. The second kappa shape index (κ2) is 8.31. The molecule has 4 rings (SSSR count). The highest BCUT2D eigenvalue weighted by molar-refractivity contribution is 7.22. The zero-order valence-electron chi connectivity index (χ0n) is 14.8. The third-order valence-corrected chi connectivity index (χ3v) is 6.09. The average Bonchev–Trinajstić information content (AvgIpc) is 3.14. The molecular formula is C22H16Cl2N2OS. The van der Waals surface area contributed by atoms with Gasteiger partial charge in [0.25, 0.3) is 0 Å². The van der Waals surface area contributed by atoms with Gasteiger partial charge in [0.05, 0.1) is 22.7 Å². The van der Waals surface area contributed by atoms with Crippen LogP contribution in [-0.2, 0) is 17.8 Å². The molecule has 28 heavy (non-hydrogen) atoms. The summed E-state index contributed by atoms with van der Waals surface area (Å²) in [5.41, 5.74) is 2.54. The summed E-state index contributed by atoms with van der Waals surface area (Å²) < 4.78 is 0.950. The topological polar surface area (TPSA) is 33.2 Å². The van der Waals surface area contributed by atoms with E-state index in [-0.39, 0.29) is 12.3 Å². The Bertz CT molecular complexity index is 1130. The van der Waals surface area contributed by atoms with Gasteiger partial charge in [-0.25, -0.2) is 4.98 Å². The molecule has 0 aliphatic heterocycles. The summed E-state index contributed by atoms with van der Waals surface area (Å²) in [4.78, 5) is 19.6. The number of rotatable bonds is 5. The van der Waals surface area contributed by atoms with E-state index in [1.807, 2.05) is 60.7 Å². The number of thiazole rings is 1. The predicted octanol–water partition coefficient (Wildman–Crippen LogP) is 6.38. The number of amides is 1. The molecule has 0 bridgehead atoms. The van der Waals surface area contributed by atoms with Crippen molar-refractivity contribution in [3.8, 4) is 0 Å². The Hall–Kier alpha value is -2.40. The third-order valence-electron chi connectivity index (χ3n) is 4.37. The molecule has 0 aliphatic carbocycles. The van der Waals surface area contributed by atoms with E-state index in [4.69, 9.17) is 23.2 Å². The van der Waals surface area contributed by atoms with Crippen LogP contribution in [0.25, 0.3) is 10.2 Å². The fourth-order valence-corrected chi connectivity index (χ4v) is 4.43. The van der Waals surface area contributed by atoms with Crippen LogP contribution in [0.3, 0.4) is 0 Å². The van der Waals surface area contributed by atoms with Gasteiger partial charge in [0.1, 0.15) is 5.52 Å². The first-order chi connectivity index (χ1) is 13.6. The molecule has 0 aliphatic rings. The molecule has 140 valence electrons. The van der Waals surface area contributed by atoms with Gasteiger partial charge in [0.2, 0.25) is 5.91 Å². The number of fused-ring (bicyclic) bond motifs is 1. The Balaban J connectivity index is 1.71. The molecule has 0 atom stereocenters. The zero-order valence-corrected chi connectivity index (χ0v) is 17.1. The van der Waals surface area contributed by atoms with E-state index in [0.717, 1.165) is 15.8 Å². The minimum atomic E-state index is -0.0628. The zero-order chi connectivity index (χ0) is 19.5. The SMILES string of the molecule is O=C(Cc1ccccc1Cl)N(Cc1ccccc1)c1nc2c(Cl)cccc2s1. The van der Waals surface area contributed by atoms with Gasteiger partial charge < -0.3 is 0 Å². The van der Waals surface area contributed by atoms with Crippen LogP contribution in [0.4, 0.5) is 5.13 Å². The van der Waals surface area contributed by atoms with Crippen molar-refractivity contribution in [3.05, 3.63) is 94.0 Å². The van der Waals surface area contributed by atoms with Crippen LogP contribution in [0.1, 0.15) is 11.1 Å². The molecule has 0 saturated heterocycles. The van der Waals surface area contributed by atoms with Crippen LogP contribution in [0.2, 0.25) is 10.0 Å². The van der Waals surface area contributed by atoms with E-state index in [1.165, 1.54) is 11.3 Å². The lowest BCUT2D eigenvalue weighted by molar-refractivity contribution is -0.118. The summed E-state index contributed by atoms with van der Waals surface area (Å²) >= 11 is 14.0. The Morgan fingerprint density at radius 3 is 2.36 bits per heavy atom. The van der Waals surface area contributed by atoms with Crippen molar-refractivity contribution in [3.63, 3.8) is 0 Å². The van der Waals surface area contributed by atoms with Gasteiger partial charge in [-0.2, -0.15) is 0 Å². The summed E-state index contributed by atoms with van der Waals surface area (Å²) in [6.07, 6.45) is 0.205. The van der Waals surface area contributed by atoms with Crippen molar-refractivity contribution < 1.29 is 4.79 Å². The number of nitrogens with zero attached hydrogens (tertiary/aromatic N) is 2. The maximum atomic E-state index is 13.2. The van der Waals surface area contributed by atoms with Gasteiger partial charge in [-0.3, -0.25) is 9.69 Å². The van der Waals surface area contributed by atoms with Crippen molar-refractivity contribution in [1.29, 1.82) is 0 Å². The van der Waals surface area contributed by atoms with Crippen LogP contribution in [0, 0.1) is 0 Å². The van der Waals surface area contributed by atoms with Crippen molar-refractivity contribution in [1.82, 2.24) is 4.98 Å². The van der Waals surface area contributed by atoms with E-state index >= 15 is 0 Å². The minimum absolute atomic E-state index is 0.0628. The van der Waals surface area contributed by atoms with E-state index in [1.54, 1.807) is 17.0 Å². The van der Waals surface area contributed by atoms with Gasteiger partial charge in [-0.1, -0.05) is 89.1 Å². The van der Waals surface area contributed by atoms with Crippen molar-refractivity contribution in [2.24, 2.45) is 0 Å². The van der Waals surface area contributed by atoms with Crippen LogP contribution in [-0.4, -0.2) is 10.9 Å². The Labute approximate surface area is 177 Å². The normalized spacial score (nSPS) is 10.9. The molecule has 0 spiro atoms. The van der Waals surface area contributed by atoms with Gasteiger partial charge >= 0.3 is 0 Å². The van der Waals surface area contributed by atoms with Crippen LogP contribution in [0.5, 0.6) is 0 Å². The summed E-state index contributed by atoms with van der Waals surface area (Å²) in [5.74, 6) is -0.0628. The Morgan fingerprint density at radius 2 is 1.61 bits per heavy atom. The first-order valence-corrected chi connectivity index (χ1v) is 10.3. The maximum Gasteiger partial charge on any atom is 0.233 e. The van der Waals surface area contributed by atoms with Gasteiger partial charge in [0.15, 0.2) is 5.13 Å². The standard InChI is InChI=1S/C22H16Cl2N2OS/c23-17-10-5-4-9-16(17)13-20(27)26(14-15-7-2-1-3-8-15)22-25-21-18(24)11-6-12-19(21)28-22/h1-12H,13-14H2. The summed E-state index contributed by atoms with van der Waals surface area (Å²) in [5, 5.41) is 1.80. The second-order valence-corrected chi connectivity index (χ2v) is 8.14. The van der Waals surface area contributed by atoms with E-state index in [2.05, 4.69) is 4.98 Å². The number of para-hydroxylation sites is 1. The molecule has 0 unspecified atom stereocenters. The van der Waals surface area contributed by atoms with Crippen LogP contribution >= 0.6 is 34.5 Å². The summed E-state index contributed by atoms with van der Waals surface area (Å²) in [6.45, 7) is 0.432. The lowest BCUT2D eigenvalue weighted by Gasteiger charge is -2.20. The number of hydrogen-bond donors (Lipinski definition) is 0. The minimum Gasteiger partial charge on any atom is -0.283 e. The van der Waals surface area contributed by atoms with Gasteiger partial charge in [-0.05, 0) is 29.3 Å². The quantitative estimate of drug-likeness (QED) is 0.370. The number of carbonyl (C=O) groups is 1. The fraction of sp³-hybridized carbons (Fsp3) is 0.0909. The van der Waals surface area contributed by atoms with Gasteiger partial charge in [0, 0.05) is 5.02 Å². The van der Waals surface area contributed by atoms with Crippen molar-refractivity contribution in [2.45, 2.75) is 13.0 Å². The highest BCUT2D eigenvalue weighted by Gasteiger charge is 2.22. The molecule has 1 amide bonds. The molecule has 4 aromatic rings. The first-order valence-electron chi connectivity index (χ1n) is 8.74. The average molecular weight is 427 g/mol. The van der Waals surface area contributed by atoms with Crippen molar-refractivity contribution >= 4 is 55.8 Å². The second-order valence-electron chi connectivity index (χ2n) is 6.32. The van der Waals surface area contributed by atoms with Gasteiger partial charge in [-0.15, -0.1) is 0 Å². The summed E-state index contributed by atoms with van der Waals surface area (Å²) in [7, 11) is 0. The number of halogens is 2. The largest absolute Gasteiger partial charge is 0.283 e. The molecule has 0 saturated carbocycles. The smallest absolute Gasteiger partial charge is 0.233 e. The number of hydrogen-bond acceptors (Lipinski definition) is 3. The molecular weight excluding hydrogens is 411 g/mol. The molecule has 6 heteroatoms. The van der Waals surface area contributed by atoms with E-state index in [9.17, 15) is 4.79 Å². The number of aromatic nitrogens is 1. The third kappa shape index (κ3) is 4.04. The van der Waals surface area contributed by atoms with E-state index < -0.39 is 0 Å². The monoisotopic (exact) mass is 426 g/mol. The lowest BCUT2D eigenvalue weighted by atomic mass is 10.1. The van der Waals surface area contributed by atoms with Crippen molar-refractivity contribution in [2.75, 3.05) is 4.90 Å². The number of carbonyl (C=O) groups excluding carboxylic acids is 1. The molecule has 3 aromatic carbocycles.